The fourth-order valence-corrected chi connectivity index (χ4v) is 3.24. The number of benzene rings is 1. The van der Waals surface area contributed by atoms with Crippen molar-refractivity contribution in [3.63, 3.8) is 0 Å². The third-order valence-electron chi connectivity index (χ3n) is 3.93. The number of pyridine rings is 1. The summed E-state index contributed by atoms with van der Waals surface area (Å²) < 4.78 is 32.7. The van der Waals surface area contributed by atoms with E-state index in [0.717, 1.165) is 0 Å². The van der Waals surface area contributed by atoms with Crippen LogP contribution in [0.3, 0.4) is 0 Å². The van der Waals surface area contributed by atoms with Crippen LogP contribution in [0.15, 0.2) is 29.0 Å². The summed E-state index contributed by atoms with van der Waals surface area (Å²) in [6, 6.07) is 3.28. The number of hydrogen-bond acceptors (Lipinski definition) is 5. The highest BCUT2D eigenvalue weighted by Crippen LogP contribution is 2.42. The Morgan fingerprint density at radius 2 is 2.12 bits per heavy atom. The highest BCUT2D eigenvalue weighted by atomic mass is 79.9. The summed E-state index contributed by atoms with van der Waals surface area (Å²) in [5.74, 6) is -0.443. The first-order chi connectivity index (χ1) is 12.5. The molecule has 0 bridgehead atoms. The van der Waals surface area contributed by atoms with Gasteiger partial charge in [0.25, 0.3) is 5.91 Å². The fourth-order valence-electron chi connectivity index (χ4n) is 2.82. The number of nitrogens with zero attached hydrogens (tertiary/aromatic N) is 2. The van der Waals surface area contributed by atoms with Crippen molar-refractivity contribution in [2.24, 2.45) is 0 Å². The maximum Gasteiger partial charge on any atom is 0.259 e. The maximum atomic E-state index is 14.7. The van der Waals surface area contributed by atoms with E-state index < -0.39 is 11.7 Å². The molecule has 7 nitrogen and oxygen atoms in total. The Hall–Kier alpha value is -2.81. The van der Waals surface area contributed by atoms with Crippen LogP contribution in [0.5, 0.6) is 17.2 Å². The normalized spacial score (nSPS) is 12.5. The van der Waals surface area contributed by atoms with Gasteiger partial charge in [-0.2, -0.15) is 4.39 Å². The van der Waals surface area contributed by atoms with Crippen LogP contribution >= 0.6 is 15.9 Å². The SMILES string of the molecule is COc1c(NC(=O)c2ccc(Br)c3c2OCO3)cn2cc(C)nc2c1F. The molecule has 4 rings (SSSR count). The molecule has 3 aromatic rings. The lowest BCUT2D eigenvalue weighted by Gasteiger charge is -2.13. The van der Waals surface area contributed by atoms with Gasteiger partial charge in [-0.25, -0.2) is 4.98 Å². The maximum absolute atomic E-state index is 14.7. The Morgan fingerprint density at radius 1 is 1.35 bits per heavy atom. The topological polar surface area (TPSA) is 74.1 Å². The highest BCUT2D eigenvalue weighted by Gasteiger charge is 2.26. The molecule has 1 aromatic carbocycles. The standard InChI is InChI=1S/C17H13BrFN3O4/c1-8-5-22-6-11(15(24-2)12(19)16(22)20-8)21-17(23)9-3-4-10(18)14-13(9)25-7-26-14/h3-6H,7H2,1-2H3,(H,21,23). The molecule has 2 aromatic heterocycles. The van der Waals surface area contributed by atoms with Crippen LogP contribution in [-0.4, -0.2) is 29.2 Å². The molecule has 0 spiro atoms. The molecule has 1 amide bonds. The number of carbonyl (C=O) groups is 1. The average molecular weight is 422 g/mol. The van der Waals surface area contributed by atoms with Crippen molar-refractivity contribution in [2.75, 3.05) is 19.2 Å². The number of amides is 1. The summed E-state index contributed by atoms with van der Waals surface area (Å²) in [5, 5.41) is 2.67. The number of aryl methyl sites for hydroxylation is 1. The van der Waals surface area contributed by atoms with Crippen LogP contribution < -0.4 is 19.5 Å². The van der Waals surface area contributed by atoms with Gasteiger partial charge in [0.15, 0.2) is 22.9 Å². The molecular formula is C17H13BrFN3O4. The minimum atomic E-state index is -0.654. The van der Waals surface area contributed by atoms with Crippen molar-refractivity contribution in [3.8, 4) is 17.2 Å². The zero-order chi connectivity index (χ0) is 18.4. The van der Waals surface area contributed by atoms with Crippen molar-refractivity contribution >= 4 is 33.2 Å². The van der Waals surface area contributed by atoms with Crippen molar-refractivity contribution < 1.29 is 23.4 Å². The van der Waals surface area contributed by atoms with E-state index in [2.05, 4.69) is 26.2 Å². The Labute approximate surface area is 155 Å². The molecule has 0 saturated heterocycles. The van der Waals surface area contributed by atoms with Gasteiger partial charge in [-0.05, 0) is 35.0 Å². The molecule has 9 heteroatoms. The molecule has 26 heavy (non-hydrogen) atoms. The number of fused-ring (bicyclic) bond motifs is 2. The number of ether oxygens (including phenoxy) is 3. The van der Waals surface area contributed by atoms with Crippen LogP contribution in [0.1, 0.15) is 16.1 Å². The first kappa shape index (κ1) is 16.6. The zero-order valence-electron chi connectivity index (χ0n) is 13.8. The Balaban J connectivity index is 1.76. The second-order valence-corrected chi connectivity index (χ2v) is 6.47. The number of nitrogens with one attached hydrogen (secondary N) is 1. The minimum Gasteiger partial charge on any atom is -0.491 e. The van der Waals surface area contributed by atoms with E-state index in [1.54, 1.807) is 31.5 Å². The van der Waals surface area contributed by atoms with Crippen LogP contribution in [0.2, 0.25) is 0 Å². The van der Waals surface area contributed by atoms with Gasteiger partial charge < -0.3 is 23.9 Å². The van der Waals surface area contributed by atoms with Crippen LogP contribution in [0, 0.1) is 12.7 Å². The molecule has 134 valence electrons. The van der Waals surface area contributed by atoms with Crippen molar-refractivity contribution in [2.45, 2.75) is 6.92 Å². The second-order valence-electron chi connectivity index (χ2n) is 5.62. The van der Waals surface area contributed by atoms with Gasteiger partial charge in [-0.15, -0.1) is 0 Å². The Morgan fingerprint density at radius 3 is 2.88 bits per heavy atom. The largest absolute Gasteiger partial charge is 0.491 e. The number of imidazole rings is 1. The molecule has 0 unspecified atom stereocenters. The summed E-state index contributed by atoms with van der Waals surface area (Å²) in [6.07, 6.45) is 3.20. The fraction of sp³-hybridized carbons (Fsp3) is 0.176. The van der Waals surface area contributed by atoms with Crippen LogP contribution in [-0.2, 0) is 0 Å². The Bertz CT molecular complexity index is 1050. The molecular weight excluding hydrogens is 409 g/mol. The third kappa shape index (κ3) is 2.55. The van der Waals surface area contributed by atoms with Gasteiger partial charge >= 0.3 is 0 Å². The molecule has 3 heterocycles. The van der Waals surface area contributed by atoms with E-state index in [0.29, 0.717) is 21.7 Å². The zero-order valence-corrected chi connectivity index (χ0v) is 15.4. The molecule has 1 aliphatic rings. The lowest BCUT2D eigenvalue weighted by atomic mass is 10.1. The molecule has 0 atom stereocenters. The predicted molar refractivity (Wildman–Crippen MR) is 94.7 cm³/mol. The smallest absolute Gasteiger partial charge is 0.259 e. The van der Waals surface area contributed by atoms with Crippen molar-refractivity contribution in [3.05, 3.63) is 46.1 Å². The molecule has 0 saturated carbocycles. The number of aromatic nitrogens is 2. The van der Waals surface area contributed by atoms with Crippen molar-refractivity contribution in [1.82, 2.24) is 9.38 Å². The lowest BCUT2D eigenvalue weighted by molar-refractivity contribution is 0.102. The quantitative estimate of drug-likeness (QED) is 0.699. The van der Waals surface area contributed by atoms with Gasteiger partial charge in [-0.1, -0.05) is 0 Å². The molecule has 1 aliphatic heterocycles. The summed E-state index contributed by atoms with van der Waals surface area (Å²) in [7, 11) is 1.33. The van der Waals surface area contributed by atoms with E-state index in [-0.39, 0.29) is 29.4 Å². The van der Waals surface area contributed by atoms with Crippen LogP contribution in [0.4, 0.5) is 10.1 Å². The molecule has 0 fully saturated rings. The summed E-state index contributed by atoms with van der Waals surface area (Å²) >= 11 is 3.34. The van der Waals surface area contributed by atoms with E-state index in [4.69, 9.17) is 14.2 Å². The van der Waals surface area contributed by atoms with Crippen molar-refractivity contribution in [1.29, 1.82) is 0 Å². The van der Waals surface area contributed by atoms with Gasteiger partial charge in [0.1, 0.15) is 5.69 Å². The number of methoxy groups -OCH3 is 1. The summed E-state index contributed by atoms with van der Waals surface area (Å²) in [5.41, 5.74) is 1.21. The third-order valence-corrected chi connectivity index (χ3v) is 4.55. The van der Waals surface area contributed by atoms with Gasteiger partial charge in [0.05, 0.1) is 22.8 Å². The first-order valence-electron chi connectivity index (χ1n) is 7.61. The number of halogens is 2. The molecule has 0 radical (unpaired) electrons. The van der Waals surface area contributed by atoms with Gasteiger partial charge in [0.2, 0.25) is 12.6 Å². The van der Waals surface area contributed by atoms with E-state index in [1.165, 1.54) is 11.5 Å². The van der Waals surface area contributed by atoms with E-state index in [1.807, 2.05) is 0 Å². The number of anilines is 1. The minimum absolute atomic E-state index is 0.0243. The van der Waals surface area contributed by atoms with Gasteiger partial charge in [-0.3, -0.25) is 4.79 Å². The predicted octanol–water partition coefficient (Wildman–Crippen LogP) is 3.53. The molecule has 0 aliphatic carbocycles. The lowest BCUT2D eigenvalue weighted by Crippen LogP contribution is -2.14. The van der Waals surface area contributed by atoms with Gasteiger partial charge in [0, 0.05) is 12.4 Å². The summed E-state index contributed by atoms with van der Waals surface area (Å²) in [4.78, 5) is 16.9. The van der Waals surface area contributed by atoms with E-state index >= 15 is 0 Å². The van der Waals surface area contributed by atoms with Crippen LogP contribution in [0.25, 0.3) is 5.65 Å². The number of carbonyl (C=O) groups excluding carboxylic acids is 1. The number of rotatable bonds is 3. The first-order valence-corrected chi connectivity index (χ1v) is 8.40. The van der Waals surface area contributed by atoms with E-state index in [9.17, 15) is 9.18 Å². The molecule has 1 N–H and O–H groups in total. The Kier molecular flexibility index (Phi) is 3.95. The summed E-state index contributed by atoms with van der Waals surface area (Å²) in [6.45, 7) is 1.77. The average Bonchev–Trinajstić information content (AvgIpc) is 3.22. The second kappa shape index (κ2) is 6.17. The monoisotopic (exact) mass is 421 g/mol. The number of hydrogen-bond donors (Lipinski definition) is 1. The highest BCUT2D eigenvalue weighted by molar-refractivity contribution is 9.10.